The van der Waals surface area contributed by atoms with Crippen LogP contribution in [0.5, 0.6) is 0 Å². The predicted molar refractivity (Wildman–Crippen MR) is 43.1 cm³/mol. The standard InChI is InChI=1S/C9H12F2O3/c1-14-4-6-8(9(6,10)11)2-5(3-8)7(12)13/h5-6H,2-4H2,1H3,(H,12,13). The van der Waals surface area contributed by atoms with Crippen molar-refractivity contribution in [3.63, 3.8) is 0 Å². The van der Waals surface area contributed by atoms with Crippen molar-refractivity contribution in [2.75, 3.05) is 13.7 Å². The normalized spacial score (nSPS) is 43.4. The van der Waals surface area contributed by atoms with Gasteiger partial charge in [0.15, 0.2) is 0 Å². The molecule has 2 aliphatic carbocycles. The number of hydrogen-bond acceptors (Lipinski definition) is 2. The van der Waals surface area contributed by atoms with Gasteiger partial charge >= 0.3 is 5.97 Å². The fourth-order valence-electron chi connectivity index (χ4n) is 2.57. The molecule has 0 aliphatic heterocycles. The number of halogens is 2. The number of alkyl halides is 2. The van der Waals surface area contributed by atoms with E-state index in [0.717, 1.165) is 0 Å². The smallest absolute Gasteiger partial charge is 0.306 e. The Kier molecular flexibility index (Phi) is 1.86. The van der Waals surface area contributed by atoms with Crippen LogP contribution in [0.1, 0.15) is 12.8 Å². The van der Waals surface area contributed by atoms with Crippen LogP contribution < -0.4 is 0 Å². The quantitative estimate of drug-likeness (QED) is 0.758. The molecule has 0 aromatic heterocycles. The van der Waals surface area contributed by atoms with E-state index in [0.29, 0.717) is 0 Å². The molecule has 0 amide bonds. The van der Waals surface area contributed by atoms with Crippen LogP contribution >= 0.6 is 0 Å². The van der Waals surface area contributed by atoms with Gasteiger partial charge in [0, 0.05) is 12.5 Å². The SMILES string of the molecule is COCC1C(F)(F)C12CC(C(=O)O)C2. The third kappa shape index (κ3) is 0.960. The van der Waals surface area contributed by atoms with Crippen molar-refractivity contribution >= 4 is 5.97 Å². The zero-order valence-electron chi connectivity index (χ0n) is 7.80. The van der Waals surface area contributed by atoms with Gasteiger partial charge in [-0.15, -0.1) is 0 Å². The molecule has 2 aliphatic rings. The van der Waals surface area contributed by atoms with E-state index in [-0.39, 0.29) is 19.4 Å². The Balaban J connectivity index is 1.99. The van der Waals surface area contributed by atoms with Gasteiger partial charge in [-0.2, -0.15) is 0 Å². The molecular weight excluding hydrogens is 194 g/mol. The van der Waals surface area contributed by atoms with E-state index in [1.165, 1.54) is 7.11 Å². The van der Waals surface area contributed by atoms with Gasteiger partial charge in [-0.05, 0) is 12.8 Å². The summed E-state index contributed by atoms with van der Waals surface area (Å²) in [5.41, 5.74) is -1.05. The van der Waals surface area contributed by atoms with Gasteiger partial charge in [-0.25, -0.2) is 8.78 Å². The Morgan fingerprint density at radius 1 is 1.57 bits per heavy atom. The van der Waals surface area contributed by atoms with E-state index in [1.807, 2.05) is 0 Å². The van der Waals surface area contributed by atoms with Crippen LogP contribution in [0.3, 0.4) is 0 Å². The molecular formula is C9H12F2O3. The molecule has 0 bridgehead atoms. The number of carbonyl (C=O) groups is 1. The Morgan fingerprint density at radius 3 is 2.57 bits per heavy atom. The van der Waals surface area contributed by atoms with Gasteiger partial charge in [0.1, 0.15) is 0 Å². The fraction of sp³-hybridized carbons (Fsp3) is 0.889. The van der Waals surface area contributed by atoms with Gasteiger partial charge in [-0.3, -0.25) is 4.79 Å². The lowest BCUT2D eigenvalue weighted by atomic mass is 9.70. The molecule has 5 heteroatoms. The van der Waals surface area contributed by atoms with E-state index in [2.05, 4.69) is 0 Å². The lowest BCUT2D eigenvalue weighted by Crippen LogP contribution is -2.36. The molecule has 1 N–H and O–H groups in total. The molecule has 14 heavy (non-hydrogen) atoms. The summed E-state index contributed by atoms with van der Waals surface area (Å²) < 4.78 is 31.2. The number of ether oxygens (including phenoxy) is 1. The molecule has 0 heterocycles. The van der Waals surface area contributed by atoms with Gasteiger partial charge in [0.05, 0.1) is 18.4 Å². The van der Waals surface area contributed by atoms with E-state index < -0.39 is 29.1 Å². The molecule has 0 radical (unpaired) electrons. The van der Waals surface area contributed by atoms with Crippen molar-refractivity contribution < 1.29 is 23.4 Å². The second kappa shape index (κ2) is 2.66. The van der Waals surface area contributed by atoms with Crippen LogP contribution in [0.25, 0.3) is 0 Å². The zero-order chi connectivity index (χ0) is 10.6. The molecule has 2 fully saturated rings. The van der Waals surface area contributed by atoms with Crippen molar-refractivity contribution in [1.82, 2.24) is 0 Å². The fourth-order valence-corrected chi connectivity index (χ4v) is 2.57. The first-order valence-corrected chi connectivity index (χ1v) is 4.55. The Morgan fingerprint density at radius 2 is 2.14 bits per heavy atom. The number of rotatable bonds is 3. The van der Waals surface area contributed by atoms with Crippen LogP contribution in [0.15, 0.2) is 0 Å². The van der Waals surface area contributed by atoms with Gasteiger partial charge in [-0.1, -0.05) is 0 Å². The first-order valence-electron chi connectivity index (χ1n) is 4.55. The maximum absolute atomic E-state index is 13.2. The maximum atomic E-state index is 13.2. The highest BCUT2D eigenvalue weighted by atomic mass is 19.3. The minimum Gasteiger partial charge on any atom is -0.481 e. The second-order valence-corrected chi connectivity index (χ2v) is 4.23. The minimum absolute atomic E-state index is 0.0271. The number of methoxy groups -OCH3 is 1. The summed E-state index contributed by atoms with van der Waals surface area (Å²) >= 11 is 0. The van der Waals surface area contributed by atoms with Crippen LogP contribution in [-0.2, 0) is 9.53 Å². The van der Waals surface area contributed by atoms with Crippen LogP contribution in [-0.4, -0.2) is 30.7 Å². The largest absolute Gasteiger partial charge is 0.481 e. The molecule has 80 valence electrons. The van der Waals surface area contributed by atoms with Crippen LogP contribution in [0.4, 0.5) is 8.78 Å². The molecule has 1 spiro atoms. The lowest BCUT2D eigenvalue weighted by Gasteiger charge is -2.33. The van der Waals surface area contributed by atoms with Gasteiger partial charge < -0.3 is 9.84 Å². The zero-order valence-corrected chi connectivity index (χ0v) is 7.80. The van der Waals surface area contributed by atoms with Crippen molar-refractivity contribution in [3.05, 3.63) is 0 Å². The molecule has 2 rings (SSSR count). The summed E-state index contributed by atoms with van der Waals surface area (Å²) in [6.45, 7) is 0.0271. The average Bonchev–Trinajstić information content (AvgIpc) is 2.45. The topological polar surface area (TPSA) is 46.5 Å². The molecule has 2 saturated carbocycles. The average molecular weight is 206 g/mol. The van der Waals surface area contributed by atoms with Crippen molar-refractivity contribution in [2.45, 2.75) is 18.8 Å². The van der Waals surface area contributed by atoms with Gasteiger partial charge in [0.2, 0.25) is 0 Å². The third-order valence-electron chi connectivity index (χ3n) is 3.59. The Bertz CT molecular complexity index is 271. The Labute approximate surface area is 80.0 Å². The highest BCUT2D eigenvalue weighted by Gasteiger charge is 2.84. The summed E-state index contributed by atoms with van der Waals surface area (Å²) in [4.78, 5) is 10.5. The summed E-state index contributed by atoms with van der Waals surface area (Å²) in [6, 6.07) is 0. The maximum Gasteiger partial charge on any atom is 0.306 e. The molecule has 3 nitrogen and oxygen atoms in total. The highest BCUT2D eigenvalue weighted by Crippen LogP contribution is 2.76. The molecule has 0 saturated heterocycles. The van der Waals surface area contributed by atoms with E-state index in [9.17, 15) is 13.6 Å². The first kappa shape index (κ1) is 9.83. The van der Waals surface area contributed by atoms with Crippen LogP contribution in [0, 0.1) is 17.3 Å². The summed E-state index contributed by atoms with van der Waals surface area (Å²) in [7, 11) is 1.38. The number of aliphatic carboxylic acids is 1. The molecule has 0 aromatic carbocycles. The Hall–Kier alpha value is -0.710. The predicted octanol–water partition coefficient (Wildman–Crippen LogP) is 1.38. The van der Waals surface area contributed by atoms with Crippen molar-refractivity contribution in [2.24, 2.45) is 17.3 Å². The number of carboxylic acids is 1. The monoisotopic (exact) mass is 206 g/mol. The highest BCUT2D eigenvalue weighted by molar-refractivity contribution is 5.72. The minimum atomic E-state index is -2.71. The summed E-state index contributed by atoms with van der Waals surface area (Å²) in [6.07, 6.45) is 0.201. The van der Waals surface area contributed by atoms with E-state index >= 15 is 0 Å². The number of hydrogen-bond donors (Lipinski definition) is 1. The van der Waals surface area contributed by atoms with Crippen molar-refractivity contribution in [3.8, 4) is 0 Å². The molecule has 1 atom stereocenters. The summed E-state index contributed by atoms with van der Waals surface area (Å²) in [5, 5.41) is 8.60. The second-order valence-electron chi connectivity index (χ2n) is 4.23. The van der Waals surface area contributed by atoms with E-state index in [4.69, 9.17) is 9.84 Å². The third-order valence-corrected chi connectivity index (χ3v) is 3.59. The van der Waals surface area contributed by atoms with Crippen molar-refractivity contribution in [1.29, 1.82) is 0 Å². The van der Waals surface area contributed by atoms with Crippen LogP contribution in [0.2, 0.25) is 0 Å². The molecule has 0 aromatic rings. The summed E-state index contributed by atoms with van der Waals surface area (Å²) in [5.74, 6) is -5.03. The number of carboxylic acid groups (broad SMARTS) is 1. The lowest BCUT2D eigenvalue weighted by molar-refractivity contribution is -0.149. The van der Waals surface area contributed by atoms with E-state index in [1.54, 1.807) is 0 Å². The molecule has 1 unspecified atom stereocenters. The van der Waals surface area contributed by atoms with Gasteiger partial charge in [0.25, 0.3) is 5.92 Å². The first-order chi connectivity index (χ1) is 6.45.